The first-order chi connectivity index (χ1) is 15.3. The molecule has 2 aromatic rings. The highest BCUT2D eigenvalue weighted by Gasteiger charge is 2.76. The molecule has 0 spiro atoms. The SMILES string of the molecule is CC1(C)[C@@]2(C)CC[C@]1(C(=O)N1CCN(C(c3ccccc3)c3ccccc3)CC1)OC2=O. The topological polar surface area (TPSA) is 49.9 Å². The Labute approximate surface area is 190 Å². The lowest BCUT2D eigenvalue weighted by molar-refractivity contribution is -0.175. The van der Waals surface area contributed by atoms with Crippen LogP contribution in [0.5, 0.6) is 0 Å². The Morgan fingerprint density at radius 3 is 1.81 bits per heavy atom. The lowest BCUT2D eigenvalue weighted by Crippen LogP contribution is -2.59. The number of nitrogens with zero attached hydrogens (tertiary/aromatic N) is 2. The van der Waals surface area contributed by atoms with Gasteiger partial charge in [-0.15, -0.1) is 0 Å². The van der Waals surface area contributed by atoms with Gasteiger partial charge >= 0.3 is 5.97 Å². The van der Waals surface area contributed by atoms with Crippen LogP contribution in [0.1, 0.15) is 50.8 Å². The van der Waals surface area contributed by atoms with Crippen molar-refractivity contribution in [3.63, 3.8) is 0 Å². The van der Waals surface area contributed by atoms with Gasteiger partial charge in [0.05, 0.1) is 11.5 Å². The van der Waals surface area contributed by atoms with Crippen molar-refractivity contribution in [2.24, 2.45) is 10.8 Å². The number of esters is 1. The van der Waals surface area contributed by atoms with E-state index in [4.69, 9.17) is 4.74 Å². The third-order valence-corrected chi connectivity index (χ3v) is 8.63. The van der Waals surface area contributed by atoms with E-state index in [-0.39, 0.29) is 17.9 Å². The first-order valence-electron chi connectivity index (χ1n) is 11.7. The van der Waals surface area contributed by atoms with Crippen LogP contribution < -0.4 is 0 Å². The average Bonchev–Trinajstić information content (AvgIpc) is 3.11. The second kappa shape index (κ2) is 7.45. The molecule has 1 saturated carbocycles. The number of carbonyl (C=O) groups excluding carboxylic acids is 2. The Morgan fingerprint density at radius 2 is 1.38 bits per heavy atom. The van der Waals surface area contributed by atoms with E-state index < -0.39 is 16.4 Å². The monoisotopic (exact) mass is 432 g/mol. The van der Waals surface area contributed by atoms with Crippen LogP contribution in [0, 0.1) is 10.8 Å². The van der Waals surface area contributed by atoms with Crippen LogP contribution in [0.3, 0.4) is 0 Å². The van der Waals surface area contributed by atoms with Crippen LogP contribution in [0.25, 0.3) is 0 Å². The summed E-state index contributed by atoms with van der Waals surface area (Å²) in [5, 5.41) is 0. The first-order valence-corrected chi connectivity index (χ1v) is 11.7. The number of hydrogen-bond donors (Lipinski definition) is 0. The van der Waals surface area contributed by atoms with Crippen LogP contribution in [0.4, 0.5) is 0 Å². The predicted octanol–water partition coefficient (Wildman–Crippen LogP) is 4.04. The maximum absolute atomic E-state index is 13.7. The largest absolute Gasteiger partial charge is 0.448 e. The summed E-state index contributed by atoms with van der Waals surface area (Å²) in [6, 6.07) is 21.3. The molecular weight excluding hydrogens is 400 g/mol. The normalized spacial score (nSPS) is 29.4. The maximum atomic E-state index is 13.7. The number of carbonyl (C=O) groups is 2. The highest BCUT2D eigenvalue weighted by atomic mass is 16.6. The standard InChI is InChI=1S/C27H32N2O3/c1-25(2)26(3)14-15-27(25,32-24(26)31)23(30)29-18-16-28(17-19-29)22(20-10-6-4-7-11-20)21-12-8-5-9-13-21/h4-13,22H,14-19H2,1-3H3/t26-,27+/m0/s1. The summed E-state index contributed by atoms with van der Waals surface area (Å²) in [5.41, 5.74) is 0.432. The second-order valence-electron chi connectivity index (χ2n) is 10.2. The molecule has 2 aromatic carbocycles. The zero-order valence-electron chi connectivity index (χ0n) is 19.2. The van der Waals surface area contributed by atoms with Crippen LogP contribution >= 0.6 is 0 Å². The van der Waals surface area contributed by atoms with Gasteiger partial charge in [-0.2, -0.15) is 0 Å². The van der Waals surface area contributed by atoms with Gasteiger partial charge in [-0.1, -0.05) is 74.5 Å². The van der Waals surface area contributed by atoms with Crippen LogP contribution in [0.2, 0.25) is 0 Å². The van der Waals surface area contributed by atoms with Crippen molar-refractivity contribution < 1.29 is 14.3 Å². The Hall–Kier alpha value is -2.66. The molecular formula is C27H32N2O3. The molecule has 2 aliphatic heterocycles. The van der Waals surface area contributed by atoms with Gasteiger partial charge in [0, 0.05) is 31.6 Å². The van der Waals surface area contributed by atoms with Gasteiger partial charge in [-0.05, 0) is 30.9 Å². The Bertz CT molecular complexity index is 974. The molecule has 2 saturated heterocycles. The molecule has 5 heteroatoms. The Kier molecular flexibility index (Phi) is 4.93. The fourth-order valence-electron chi connectivity index (χ4n) is 6.04. The molecule has 32 heavy (non-hydrogen) atoms. The molecule has 1 amide bonds. The van der Waals surface area contributed by atoms with Crippen molar-refractivity contribution in [2.45, 2.75) is 45.3 Å². The van der Waals surface area contributed by atoms with Crippen molar-refractivity contribution in [2.75, 3.05) is 26.2 Å². The number of ether oxygens (including phenoxy) is 1. The summed E-state index contributed by atoms with van der Waals surface area (Å²) in [6.45, 7) is 8.85. The Balaban J connectivity index is 1.36. The van der Waals surface area contributed by atoms with Gasteiger partial charge in [0.25, 0.3) is 5.91 Å². The van der Waals surface area contributed by atoms with Crippen LogP contribution in [0.15, 0.2) is 60.7 Å². The zero-order chi connectivity index (χ0) is 22.6. The third kappa shape index (κ3) is 2.87. The number of fused-ring (bicyclic) bond motifs is 2. The van der Waals surface area contributed by atoms with Crippen molar-refractivity contribution >= 4 is 11.9 Å². The number of hydrogen-bond acceptors (Lipinski definition) is 4. The summed E-state index contributed by atoms with van der Waals surface area (Å²) >= 11 is 0. The molecule has 2 bridgehead atoms. The molecule has 0 N–H and O–H groups in total. The summed E-state index contributed by atoms with van der Waals surface area (Å²) < 4.78 is 5.85. The molecule has 0 unspecified atom stereocenters. The number of piperazine rings is 1. The molecule has 5 rings (SSSR count). The number of benzene rings is 2. The van der Waals surface area contributed by atoms with Gasteiger partial charge in [-0.3, -0.25) is 14.5 Å². The van der Waals surface area contributed by atoms with Crippen LogP contribution in [-0.4, -0.2) is 53.5 Å². The third-order valence-electron chi connectivity index (χ3n) is 8.63. The highest BCUT2D eigenvalue weighted by molar-refractivity contribution is 5.96. The summed E-state index contributed by atoms with van der Waals surface area (Å²) in [7, 11) is 0. The molecule has 5 nitrogen and oxygen atoms in total. The highest BCUT2D eigenvalue weighted by Crippen LogP contribution is 2.66. The minimum atomic E-state index is -1.01. The maximum Gasteiger partial charge on any atom is 0.313 e. The van der Waals surface area contributed by atoms with Crippen molar-refractivity contribution in [3.8, 4) is 0 Å². The van der Waals surface area contributed by atoms with Gasteiger partial charge in [0.1, 0.15) is 0 Å². The van der Waals surface area contributed by atoms with Crippen molar-refractivity contribution in [3.05, 3.63) is 71.8 Å². The second-order valence-corrected chi connectivity index (χ2v) is 10.2. The molecule has 2 atom stereocenters. The lowest BCUT2D eigenvalue weighted by atomic mass is 9.66. The Morgan fingerprint density at radius 1 is 0.844 bits per heavy atom. The van der Waals surface area contributed by atoms with Gasteiger partial charge in [0.2, 0.25) is 0 Å². The van der Waals surface area contributed by atoms with E-state index in [9.17, 15) is 9.59 Å². The minimum absolute atomic E-state index is 0.00676. The van der Waals surface area contributed by atoms with E-state index in [1.165, 1.54) is 11.1 Å². The van der Waals surface area contributed by atoms with Crippen molar-refractivity contribution in [1.29, 1.82) is 0 Å². The summed E-state index contributed by atoms with van der Waals surface area (Å²) in [4.78, 5) is 30.7. The van der Waals surface area contributed by atoms with E-state index in [1.807, 2.05) is 37.8 Å². The van der Waals surface area contributed by atoms with E-state index in [0.717, 1.165) is 13.1 Å². The fourth-order valence-corrected chi connectivity index (χ4v) is 6.04. The van der Waals surface area contributed by atoms with Gasteiger partial charge < -0.3 is 9.64 Å². The quantitative estimate of drug-likeness (QED) is 0.684. The molecule has 168 valence electrons. The van der Waals surface area contributed by atoms with E-state index in [1.54, 1.807) is 0 Å². The number of rotatable bonds is 4. The molecule has 3 aliphatic rings. The van der Waals surface area contributed by atoms with E-state index >= 15 is 0 Å². The summed E-state index contributed by atoms with van der Waals surface area (Å²) in [5.74, 6) is -0.221. The predicted molar refractivity (Wildman–Crippen MR) is 123 cm³/mol. The van der Waals surface area contributed by atoms with E-state index in [2.05, 4.69) is 53.4 Å². The molecule has 2 heterocycles. The van der Waals surface area contributed by atoms with E-state index in [0.29, 0.717) is 25.9 Å². The first kappa shape index (κ1) is 21.2. The fraction of sp³-hybridized carbons (Fsp3) is 0.481. The molecule has 1 aliphatic carbocycles. The van der Waals surface area contributed by atoms with Gasteiger partial charge in [0.15, 0.2) is 5.60 Å². The van der Waals surface area contributed by atoms with Crippen LogP contribution in [-0.2, 0) is 14.3 Å². The average molecular weight is 433 g/mol. The smallest absolute Gasteiger partial charge is 0.313 e. The summed E-state index contributed by atoms with van der Waals surface area (Å²) in [6.07, 6.45) is 1.34. The minimum Gasteiger partial charge on any atom is -0.448 e. The zero-order valence-corrected chi connectivity index (χ0v) is 19.2. The molecule has 0 aromatic heterocycles. The molecule has 3 fully saturated rings. The van der Waals surface area contributed by atoms with Crippen molar-refractivity contribution in [1.82, 2.24) is 9.80 Å². The number of amides is 1. The van der Waals surface area contributed by atoms with Gasteiger partial charge in [-0.25, -0.2) is 0 Å². The molecule has 0 radical (unpaired) electrons. The lowest BCUT2D eigenvalue weighted by Gasteiger charge is -2.44.